The molecule has 0 saturated heterocycles. The van der Waals surface area contributed by atoms with Gasteiger partial charge in [-0.25, -0.2) is 0 Å². The summed E-state index contributed by atoms with van der Waals surface area (Å²) in [5.41, 5.74) is 5.14. The second-order valence-corrected chi connectivity index (χ2v) is 11.9. The maximum atomic E-state index is 14.1. The highest BCUT2D eigenvalue weighted by molar-refractivity contribution is 6.30. The van der Waals surface area contributed by atoms with Crippen molar-refractivity contribution >= 4 is 35.1 Å². The molecule has 2 amide bonds. The second kappa shape index (κ2) is 17.0. The monoisotopic (exact) mass is 694 g/mol. The van der Waals surface area contributed by atoms with Crippen molar-refractivity contribution in [3.63, 3.8) is 0 Å². The van der Waals surface area contributed by atoms with Crippen LogP contribution in [0.2, 0.25) is 5.02 Å². The number of carbonyl (C=O) groups is 3. The van der Waals surface area contributed by atoms with Gasteiger partial charge in [-0.2, -0.15) is 0 Å². The van der Waals surface area contributed by atoms with Crippen LogP contribution in [-0.4, -0.2) is 37.3 Å². The fourth-order valence-corrected chi connectivity index (χ4v) is 5.91. The first-order valence-corrected chi connectivity index (χ1v) is 16.3. The zero-order valence-corrected chi connectivity index (χ0v) is 28.2. The van der Waals surface area contributed by atoms with E-state index in [2.05, 4.69) is 15.4 Å². The number of nitrogens with one attached hydrogen (secondary N) is 2. The number of halogens is 4. The number of ether oxygens (including phenoxy) is 2. The third-order valence-corrected chi connectivity index (χ3v) is 8.17. The number of alkyl halides is 3. The van der Waals surface area contributed by atoms with Crippen LogP contribution in [0.1, 0.15) is 72.0 Å². The van der Waals surface area contributed by atoms with Crippen molar-refractivity contribution in [1.82, 2.24) is 5.32 Å². The molecule has 0 saturated carbocycles. The van der Waals surface area contributed by atoms with E-state index in [-0.39, 0.29) is 31.4 Å². The van der Waals surface area contributed by atoms with Gasteiger partial charge in [-0.1, -0.05) is 67.4 Å². The van der Waals surface area contributed by atoms with E-state index in [1.165, 1.54) is 24.3 Å². The van der Waals surface area contributed by atoms with Crippen LogP contribution in [0.15, 0.2) is 91.0 Å². The standard InChI is InChI=1S/C38H38ClF3N2O5/c1-4-6-33(26-7-9-28(10-8-26)36(46)43-22-21-34(45)48-5-2)35(27-13-18-31(19-14-27)49-38(40,41)42)37(47)44-30-16-11-25(12-17-30)32-20-15-29(39)23-24(32)3/h7-20,23,33,35H,4-6,21-22H2,1-3H3,(H,43,46)(H,44,47)/t33?,35-/m1/s1. The number of carbonyl (C=O) groups excluding carboxylic acids is 3. The summed E-state index contributed by atoms with van der Waals surface area (Å²) in [6.07, 6.45) is -3.54. The average molecular weight is 695 g/mol. The van der Waals surface area contributed by atoms with E-state index in [0.717, 1.165) is 22.3 Å². The van der Waals surface area contributed by atoms with Gasteiger partial charge in [-0.15, -0.1) is 13.2 Å². The Hall–Kier alpha value is -4.83. The molecule has 4 aromatic rings. The van der Waals surface area contributed by atoms with Crippen molar-refractivity contribution in [2.75, 3.05) is 18.5 Å². The predicted molar refractivity (Wildman–Crippen MR) is 184 cm³/mol. The van der Waals surface area contributed by atoms with E-state index in [0.29, 0.717) is 34.7 Å². The van der Waals surface area contributed by atoms with Gasteiger partial charge in [0.2, 0.25) is 5.91 Å². The zero-order valence-electron chi connectivity index (χ0n) is 27.4. The Morgan fingerprint density at radius 2 is 1.51 bits per heavy atom. The van der Waals surface area contributed by atoms with E-state index in [4.69, 9.17) is 16.3 Å². The third kappa shape index (κ3) is 10.6. The highest BCUT2D eigenvalue weighted by atomic mass is 35.5. The molecule has 0 aliphatic carbocycles. The smallest absolute Gasteiger partial charge is 0.466 e. The molecule has 0 radical (unpaired) electrons. The first-order chi connectivity index (χ1) is 23.4. The molecule has 4 aromatic carbocycles. The topological polar surface area (TPSA) is 93.7 Å². The summed E-state index contributed by atoms with van der Waals surface area (Å²) >= 11 is 6.12. The summed E-state index contributed by atoms with van der Waals surface area (Å²) in [5, 5.41) is 6.34. The predicted octanol–water partition coefficient (Wildman–Crippen LogP) is 9.20. The molecule has 2 N–H and O–H groups in total. The number of amides is 2. The number of benzene rings is 4. The number of hydrogen-bond acceptors (Lipinski definition) is 5. The number of esters is 1. The highest BCUT2D eigenvalue weighted by Gasteiger charge is 2.33. The molecule has 0 aromatic heterocycles. The van der Waals surface area contributed by atoms with Crippen molar-refractivity contribution < 1.29 is 37.0 Å². The molecule has 0 aliphatic rings. The quantitative estimate of drug-likeness (QED) is 0.128. The van der Waals surface area contributed by atoms with Crippen molar-refractivity contribution in [3.05, 3.63) is 118 Å². The van der Waals surface area contributed by atoms with Crippen LogP contribution in [0.5, 0.6) is 5.75 Å². The number of hydrogen-bond donors (Lipinski definition) is 2. The maximum absolute atomic E-state index is 14.1. The number of rotatable bonds is 14. The molecule has 11 heteroatoms. The van der Waals surface area contributed by atoms with Gasteiger partial charge in [0.25, 0.3) is 5.91 Å². The van der Waals surface area contributed by atoms with Gasteiger partial charge in [0.05, 0.1) is 18.9 Å². The lowest BCUT2D eigenvalue weighted by atomic mass is 9.78. The molecule has 258 valence electrons. The lowest BCUT2D eigenvalue weighted by molar-refractivity contribution is -0.274. The fraction of sp³-hybridized carbons (Fsp3) is 0.289. The molecule has 0 spiro atoms. The zero-order chi connectivity index (χ0) is 35.6. The van der Waals surface area contributed by atoms with Gasteiger partial charge in [0.1, 0.15) is 5.75 Å². The Morgan fingerprint density at radius 3 is 2.10 bits per heavy atom. The molecule has 4 rings (SSSR count). The molecule has 7 nitrogen and oxygen atoms in total. The summed E-state index contributed by atoms with van der Waals surface area (Å²) in [6.45, 7) is 6.02. The first-order valence-electron chi connectivity index (χ1n) is 16.0. The average Bonchev–Trinajstić information content (AvgIpc) is 3.05. The van der Waals surface area contributed by atoms with E-state index in [1.54, 1.807) is 43.3 Å². The Kier molecular flexibility index (Phi) is 12.8. The van der Waals surface area contributed by atoms with Crippen molar-refractivity contribution in [2.24, 2.45) is 0 Å². The molecule has 0 bridgehead atoms. The Bertz CT molecular complexity index is 1730. The first kappa shape index (κ1) is 37.0. The van der Waals surface area contributed by atoms with Gasteiger partial charge < -0.3 is 20.1 Å². The minimum atomic E-state index is -4.85. The molecular formula is C38H38ClF3N2O5. The Balaban J connectivity index is 1.61. The van der Waals surface area contributed by atoms with Gasteiger partial charge in [0.15, 0.2) is 0 Å². The molecule has 1 unspecified atom stereocenters. The second-order valence-electron chi connectivity index (χ2n) is 11.4. The van der Waals surface area contributed by atoms with Crippen molar-refractivity contribution in [1.29, 1.82) is 0 Å². The van der Waals surface area contributed by atoms with Gasteiger partial charge >= 0.3 is 12.3 Å². The lowest BCUT2D eigenvalue weighted by Crippen LogP contribution is -2.27. The minimum absolute atomic E-state index is 0.0450. The maximum Gasteiger partial charge on any atom is 0.573 e. The Morgan fingerprint density at radius 1 is 0.857 bits per heavy atom. The van der Waals surface area contributed by atoms with Crippen molar-refractivity contribution in [2.45, 2.75) is 58.2 Å². The third-order valence-electron chi connectivity index (χ3n) is 7.93. The number of anilines is 1. The molecule has 2 atom stereocenters. The van der Waals surface area contributed by atoms with Crippen LogP contribution >= 0.6 is 11.6 Å². The van der Waals surface area contributed by atoms with E-state index in [1.807, 2.05) is 44.2 Å². The summed E-state index contributed by atoms with van der Waals surface area (Å²) in [5.74, 6) is -2.71. The normalized spacial score (nSPS) is 12.5. The number of aryl methyl sites for hydroxylation is 1. The van der Waals surface area contributed by atoms with Gasteiger partial charge in [0, 0.05) is 22.8 Å². The highest BCUT2D eigenvalue weighted by Crippen LogP contribution is 2.39. The Labute approximate surface area is 288 Å². The van der Waals surface area contributed by atoms with Crippen LogP contribution in [0, 0.1) is 6.92 Å². The lowest BCUT2D eigenvalue weighted by Gasteiger charge is -2.28. The summed E-state index contributed by atoms with van der Waals surface area (Å²) in [4.78, 5) is 38.4. The van der Waals surface area contributed by atoms with Crippen LogP contribution < -0.4 is 15.4 Å². The summed E-state index contributed by atoms with van der Waals surface area (Å²) in [6, 6.07) is 25.1. The fourth-order valence-electron chi connectivity index (χ4n) is 5.68. The summed E-state index contributed by atoms with van der Waals surface area (Å²) in [7, 11) is 0. The van der Waals surface area contributed by atoms with Crippen LogP contribution in [0.25, 0.3) is 11.1 Å². The summed E-state index contributed by atoms with van der Waals surface area (Å²) < 4.78 is 47.6. The van der Waals surface area contributed by atoms with E-state index < -0.39 is 29.9 Å². The molecule has 0 aliphatic heterocycles. The van der Waals surface area contributed by atoms with Crippen LogP contribution in [0.3, 0.4) is 0 Å². The van der Waals surface area contributed by atoms with Gasteiger partial charge in [-0.05, 0) is 103 Å². The van der Waals surface area contributed by atoms with E-state index >= 15 is 0 Å². The van der Waals surface area contributed by atoms with Gasteiger partial charge in [-0.3, -0.25) is 14.4 Å². The van der Waals surface area contributed by atoms with Crippen LogP contribution in [0.4, 0.5) is 18.9 Å². The van der Waals surface area contributed by atoms with Crippen LogP contribution in [-0.2, 0) is 14.3 Å². The molecule has 49 heavy (non-hydrogen) atoms. The molecule has 0 heterocycles. The minimum Gasteiger partial charge on any atom is -0.466 e. The molecular weight excluding hydrogens is 657 g/mol. The van der Waals surface area contributed by atoms with E-state index in [9.17, 15) is 27.6 Å². The largest absolute Gasteiger partial charge is 0.573 e. The van der Waals surface area contributed by atoms with Crippen molar-refractivity contribution in [3.8, 4) is 16.9 Å². The SMILES string of the molecule is CCCC(c1ccc(C(=O)NCCC(=O)OCC)cc1)[C@H](C(=O)Nc1ccc(-c2ccc(Cl)cc2C)cc1)c1ccc(OC(F)(F)F)cc1. The molecule has 0 fully saturated rings.